The maximum Gasteiger partial charge on any atom is 0.238 e. The minimum atomic E-state index is -3.67. The van der Waals surface area contributed by atoms with Gasteiger partial charge in [-0.1, -0.05) is 0 Å². The van der Waals surface area contributed by atoms with Crippen LogP contribution in [0.5, 0.6) is 5.75 Å². The average molecular weight is 371 g/mol. The SMILES string of the molecule is C[C@@H]1Cc2cc(S(N)(=O)=O)ccc2N1CCCOc1ccc(C#N)cc1. The maximum atomic E-state index is 11.5. The van der Waals surface area contributed by atoms with Crippen LogP contribution in [0.4, 0.5) is 5.69 Å². The molecule has 0 unspecified atom stereocenters. The number of nitrogens with zero attached hydrogens (tertiary/aromatic N) is 2. The van der Waals surface area contributed by atoms with Gasteiger partial charge in [-0.15, -0.1) is 0 Å². The van der Waals surface area contributed by atoms with Crippen molar-refractivity contribution in [3.05, 3.63) is 53.6 Å². The Hall–Kier alpha value is -2.56. The molecule has 0 bridgehead atoms. The van der Waals surface area contributed by atoms with Gasteiger partial charge in [0.1, 0.15) is 5.75 Å². The highest BCUT2D eigenvalue weighted by Gasteiger charge is 2.26. The van der Waals surface area contributed by atoms with Crippen molar-refractivity contribution in [1.29, 1.82) is 5.26 Å². The van der Waals surface area contributed by atoms with Crippen LogP contribution in [-0.4, -0.2) is 27.6 Å². The van der Waals surface area contributed by atoms with E-state index in [2.05, 4.69) is 17.9 Å². The smallest absolute Gasteiger partial charge is 0.238 e. The zero-order valence-electron chi connectivity index (χ0n) is 14.6. The Balaban J connectivity index is 1.58. The third kappa shape index (κ3) is 3.98. The molecular weight excluding hydrogens is 350 g/mol. The molecule has 1 atom stereocenters. The molecule has 26 heavy (non-hydrogen) atoms. The Morgan fingerprint density at radius 1 is 1.27 bits per heavy atom. The summed E-state index contributed by atoms with van der Waals surface area (Å²) in [6, 6.07) is 14.5. The average Bonchev–Trinajstić information content (AvgIpc) is 2.93. The van der Waals surface area contributed by atoms with Crippen molar-refractivity contribution >= 4 is 15.7 Å². The molecule has 1 aliphatic heterocycles. The molecular formula is C19H21N3O3S. The molecule has 1 heterocycles. The minimum Gasteiger partial charge on any atom is -0.494 e. The third-order valence-electron chi connectivity index (χ3n) is 4.53. The van der Waals surface area contributed by atoms with Crippen molar-refractivity contribution in [3.63, 3.8) is 0 Å². The Bertz CT molecular complexity index is 933. The first-order valence-corrected chi connectivity index (χ1v) is 9.98. The lowest BCUT2D eigenvalue weighted by atomic mass is 10.1. The molecule has 0 saturated heterocycles. The number of sulfonamides is 1. The Morgan fingerprint density at radius 3 is 2.65 bits per heavy atom. The van der Waals surface area contributed by atoms with Crippen LogP contribution in [0.25, 0.3) is 0 Å². The molecule has 0 aromatic heterocycles. The highest BCUT2D eigenvalue weighted by molar-refractivity contribution is 7.89. The zero-order valence-corrected chi connectivity index (χ0v) is 15.4. The Labute approximate surface area is 153 Å². The van der Waals surface area contributed by atoms with Crippen LogP contribution in [-0.2, 0) is 16.4 Å². The van der Waals surface area contributed by atoms with Gasteiger partial charge >= 0.3 is 0 Å². The highest BCUT2D eigenvalue weighted by atomic mass is 32.2. The summed E-state index contributed by atoms with van der Waals surface area (Å²) in [5.74, 6) is 0.747. The van der Waals surface area contributed by atoms with Gasteiger partial charge < -0.3 is 9.64 Å². The van der Waals surface area contributed by atoms with Crippen LogP contribution in [0.1, 0.15) is 24.5 Å². The van der Waals surface area contributed by atoms with Crippen molar-refractivity contribution in [1.82, 2.24) is 0 Å². The number of ether oxygens (including phenoxy) is 1. The van der Waals surface area contributed by atoms with Crippen molar-refractivity contribution in [2.24, 2.45) is 5.14 Å². The predicted octanol–water partition coefficient (Wildman–Crippen LogP) is 2.43. The molecule has 0 saturated carbocycles. The summed E-state index contributed by atoms with van der Waals surface area (Å²) < 4.78 is 28.7. The molecule has 0 fully saturated rings. The molecule has 3 rings (SSSR count). The van der Waals surface area contributed by atoms with E-state index in [4.69, 9.17) is 15.1 Å². The summed E-state index contributed by atoms with van der Waals surface area (Å²) in [5.41, 5.74) is 2.68. The molecule has 1 aliphatic rings. The van der Waals surface area contributed by atoms with Crippen molar-refractivity contribution in [2.75, 3.05) is 18.1 Å². The van der Waals surface area contributed by atoms with Gasteiger partial charge in [-0.3, -0.25) is 0 Å². The summed E-state index contributed by atoms with van der Waals surface area (Å²) in [6.45, 7) is 3.51. The lowest BCUT2D eigenvalue weighted by Gasteiger charge is -2.25. The molecule has 2 N–H and O–H groups in total. The quantitative estimate of drug-likeness (QED) is 0.787. The largest absolute Gasteiger partial charge is 0.494 e. The number of fused-ring (bicyclic) bond motifs is 1. The topological polar surface area (TPSA) is 96.4 Å². The lowest BCUT2D eigenvalue weighted by molar-refractivity contribution is 0.311. The second-order valence-corrected chi connectivity index (χ2v) is 7.98. The van der Waals surface area contributed by atoms with Gasteiger partial charge in [-0.2, -0.15) is 5.26 Å². The Kier molecular flexibility index (Phi) is 5.16. The standard InChI is InChI=1S/C19H21N3O3S/c1-14-11-16-12-18(26(21,23)24)7-8-19(16)22(14)9-2-10-25-17-5-3-15(13-20)4-6-17/h3-8,12,14H,2,9-11H2,1H3,(H2,21,23,24)/t14-/m1/s1. The summed E-state index contributed by atoms with van der Waals surface area (Å²) in [6.07, 6.45) is 1.63. The van der Waals surface area contributed by atoms with E-state index in [1.54, 1.807) is 36.4 Å². The molecule has 2 aromatic carbocycles. The van der Waals surface area contributed by atoms with E-state index >= 15 is 0 Å². The van der Waals surface area contributed by atoms with E-state index in [1.807, 2.05) is 6.07 Å². The summed E-state index contributed by atoms with van der Waals surface area (Å²) in [5, 5.41) is 14.0. The van der Waals surface area contributed by atoms with Crippen LogP contribution in [0.2, 0.25) is 0 Å². The fraction of sp³-hybridized carbons (Fsp3) is 0.316. The highest BCUT2D eigenvalue weighted by Crippen LogP contribution is 2.33. The predicted molar refractivity (Wildman–Crippen MR) is 99.6 cm³/mol. The number of nitrogens with two attached hydrogens (primary N) is 1. The van der Waals surface area contributed by atoms with Crippen LogP contribution in [0.3, 0.4) is 0 Å². The van der Waals surface area contributed by atoms with E-state index in [1.165, 1.54) is 0 Å². The van der Waals surface area contributed by atoms with Gasteiger partial charge in [-0.05, 0) is 67.8 Å². The van der Waals surface area contributed by atoms with Crippen molar-refractivity contribution in [3.8, 4) is 11.8 Å². The molecule has 6 nitrogen and oxygen atoms in total. The fourth-order valence-electron chi connectivity index (χ4n) is 3.24. The van der Waals surface area contributed by atoms with Crippen LogP contribution in [0.15, 0.2) is 47.4 Å². The number of primary sulfonamides is 1. The van der Waals surface area contributed by atoms with Crippen LogP contribution in [0, 0.1) is 11.3 Å². The van der Waals surface area contributed by atoms with E-state index in [9.17, 15) is 8.42 Å². The summed E-state index contributed by atoms with van der Waals surface area (Å²) in [7, 11) is -3.67. The van der Waals surface area contributed by atoms with Gasteiger partial charge in [0, 0.05) is 18.3 Å². The molecule has 0 spiro atoms. The number of hydrogen-bond acceptors (Lipinski definition) is 5. The zero-order chi connectivity index (χ0) is 18.7. The molecule has 7 heteroatoms. The molecule has 2 aromatic rings. The Morgan fingerprint density at radius 2 is 2.00 bits per heavy atom. The van der Waals surface area contributed by atoms with E-state index < -0.39 is 10.0 Å². The molecule has 0 amide bonds. The van der Waals surface area contributed by atoms with E-state index in [0.29, 0.717) is 18.2 Å². The van der Waals surface area contributed by atoms with E-state index in [0.717, 1.165) is 36.4 Å². The second kappa shape index (κ2) is 7.36. The van der Waals surface area contributed by atoms with Gasteiger partial charge in [0.25, 0.3) is 0 Å². The lowest BCUT2D eigenvalue weighted by Crippen LogP contribution is -2.31. The number of rotatable bonds is 6. The monoisotopic (exact) mass is 371 g/mol. The van der Waals surface area contributed by atoms with Crippen molar-refractivity contribution < 1.29 is 13.2 Å². The number of hydrogen-bond donors (Lipinski definition) is 1. The minimum absolute atomic E-state index is 0.162. The van der Waals surface area contributed by atoms with Gasteiger partial charge in [0.05, 0.1) is 23.1 Å². The molecule has 136 valence electrons. The summed E-state index contributed by atoms with van der Waals surface area (Å²) >= 11 is 0. The van der Waals surface area contributed by atoms with Crippen molar-refractivity contribution in [2.45, 2.75) is 30.7 Å². The molecule has 0 aliphatic carbocycles. The normalized spacial score (nSPS) is 16.2. The fourth-order valence-corrected chi connectivity index (χ4v) is 3.80. The number of benzene rings is 2. The number of anilines is 1. The van der Waals surface area contributed by atoms with Crippen LogP contribution < -0.4 is 14.8 Å². The van der Waals surface area contributed by atoms with Gasteiger partial charge in [0.2, 0.25) is 10.0 Å². The third-order valence-corrected chi connectivity index (χ3v) is 5.44. The first kappa shape index (κ1) is 18.2. The first-order valence-electron chi connectivity index (χ1n) is 8.44. The van der Waals surface area contributed by atoms with Gasteiger partial charge in [0.15, 0.2) is 0 Å². The second-order valence-electron chi connectivity index (χ2n) is 6.42. The maximum absolute atomic E-state index is 11.5. The van der Waals surface area contributed by atoms with Gasteiger partial charge in [-0.25, -0.2) is 13.6 Å². The van der Waals surface area contributed by atoms with Crippen LogP contribution >= 0.6 is 0 Å². The summed E-state index contributed by atoms with van der Waals surface area (Å²) in [4.78, 5) is 2.43. The number of nitriles is 1. The molecule has 0 radical (unpaired) electrons. The first-order chi connectivity index (χ1) is 12.4. The van der Waals surface area contributed by atoms with E-state index in [-0.39, 0.29) is 4.90 Å².